The first-order valence-corrected chi connectivity index (χ1v) is 17.6. The molecule has 0 amide bonds. The molecule has 3 aromatic carbocycles. The summed E-state index contributed by atoms with van der Waals surface area (Å²) in [5.74, 6) is 1.21. The van der Waals surface area contributed by atoms with Gasteiger partial charge in [-0.15, -0.1) is 0 Å². The summed E-state index contributed by atoms with van der Waals surface area (Å²) in [6.07, 6.45) is 7.91. The number of piperidine rings is 1. The van der Waals surface area contributed by atoms with Gasteiger partial charge in [0.15, 0.2) is 5.75 Å². The maximum absolute atomic E-state index is 13.3. The van der Waals surface area contributed by atoms with Crippen molar-refractivity contribution in [2.75, 3.05) is 19.6 Å². The fraction of sp³-hybridized carbons (Fsp3) is 0.375. The predicted molar refractivity (Wildman–Crippen MR) is 177 cm³/mol. The molecule has 2 fully saturated rings. The number of fused-ring (bicyclic) bond motifs is 1. The fourth-order valence-electron chi connectivity index (χ4n) is 6.56. The Kier molecular flexibility index (Phi) is 9.61. The van der Waals surface area contributed by atoms with Gasteiger partial charge in [0.05, 0.1) is 24.9 Å². The van der Waals surface area contributed by atoms with Crippen LogP contribution in [0, 0.1) is 16.0 Å². The number of nitrogens with one attached hydrogen (secondary N) is 2. The van der Waals surface area contributed by atoms with Crippen LogP contribution in [0.3, 0.4) is 0 Å². The molecule has 13 heteroatoms. The number of sulfonamides is 1. The average Bonchev–Trinajstić information content (AvgIpc) is 3.45. The molecule has 6 rings (SSSR count). The Labute approximate surface area is 277 Å². The molecular weight excluding hydrogens is 659 g/mol. The lowest BCUT2D eigenvalue weighted by atomic mass is 9.84. The van der Waals surface area contributed by atoms with Crippen molar-refractivity contribution in [3.63, 3.8) is 0 Å². The lowest BCUT2D eigenvalue weighted by molar-refractivity contribution is -0.384. The summed E-state index contributed by atoms with van der Waals surface area (Å²) in [5, 5.41) is 12.2. The minimum absolute atomic E-state index is 0.000900. The second kappa shape index (κ2) is 13.5. The summed E-state index contributed by atoms with van der Waals surface area (Å²) >= 11 is 18.9. The molecule has 1 saturated heterocycles. The first-order chi connectivity index (χ1) is 21.6. The number of H-pyrrole nitrogens is 1. The summed E-state index contributed by atoms with van der Waals surface area (Å²) in [5.41, 5.74) is 2.43. The third-order valence-corrected chi connectivity index (χ3v) is 11.3. The standard InChI is InChI=1S/C32H33Cl3N4O5S/c33-27-15-23(39(40)41)9-10-31(27)44-32-28(34)16-24(17-29(32)35)45(42,43)37-22-7-5-20(6-8-22)19-38-13-11-21(12-14-38)26-18-36-30-4-2-1-3-25(26)30/h1-4,9-10,15-18,20-22,36-37H,5-8,11-14,19H2. The van der Waals surface area contributed by atoms with E-state index in [1.165, 1.54) is 40.7 Å². The van der Waals surface area contributed by atoms with Crippen LogP contribution in [0.2, 0.25) is 15.1 Å². The Morgan fingerprint density at radius 1 is 0.933 bits per heavy atom. The number of aromatic amines is 1. The molecular formula is C32H33Cl3N4O5S. The average molecular weight is 692 g/mol. The predicted octanol–water partition coefficient (Wildman–Crippen LogP) is 8.55. The zero-order chi connectivity index (χ0) is 31.7. The molecule has 1 aliphatic carbocycles. The van der Waals surface area contributed by atoms with Crippen molar-refractivity contribution < 1.29 is 18.1 Å². The zero-order valence-electron chi connectivity index (χ0n) is 24.3. The number of nitro benzene ring substituents is 1. The number of nitro groups is 1. The van der Waals surface area contributed by atoms with Gasteiger partial charge in [0.25, 0.3) is 5.69 Å². The Hall–Kier alpha value is -2.86. The molecule has 0 radical (unpaired) electrons. The number of aromatic nitrogens is 1. The number of halogens is 3. The second-order valence-electron chi connectivity index (χ2n) is 11.9. The van der Waals surface area contributed by atoms with Crippen LogP contribution in [0.25, 0.3) is 10.9 Å². The molecule has 0 unspecified atom stereocenters. The molecule has 45 heavy (non-hydrogen) atoms. The molecule has 2 N–H and O–H groups in total. The monoisotopic (exact) mass is 690 g/mol. The molecule has 0 spiro atoms. The number of para-hydroxylation sites is 1. The van der Waals surface area contributed by atoms with Crippen molar-refractivity contribution in [1.82, 2.24) is 14.6 Å². The number of rotatable bonds is 9. The van der Waals surface area contributed by atoms with Crippen molar-refractivity contribution in [2.45, 2.75) is 55.4 Å². The van der Waals surface area contributed by atoms with Crippen LogP contribution < -0.4 is 9.46 Å². The molecule has 0 atom stereocenters. The molecule has 2 aliphatic rings. The first-order valence-electron chi connectivity index (χ1n) is 15.0. The van der Waals surface area contributed by atoms with Gasteiger partial charge in [0.2, 0.25) is 10.0 Å². The first kappa shape index (κ1) is 32.1. The molecule has 238 valence electrons. The van der Waals surface area contributed by atoms with E-state index in [1.807, 2.05) is 0 Å². The zero-order valence-corrected chi connectivity index (χ0v) is 27.4. The summed E-state index contributed by atoms with van der Waals surface area (Å²) < 4.78 is 35.1. The summed E-state index contributed by atoms with van der Waals surface area (Å²) in [6.45, 7) is 3.20. The number of likely N-dealkylation sites (tertiary alicyclic amines) is 1. The maximum atomic E-state index is 13.3. The fourth-order valence-corrected chi connectivity index (χ4v) is 8.82. The number of non-ortho nitro benzene ring substituents is 1. The molecule has 1 aliphatic heterocycles. The van der Waals surface area contributed by atoms with Crippen LogP contribution >= 0.6 is 34.8 Å². The van der Waals surface area contributed by atoms with E-state index < -0.39 is 14.9 Å². The van der Waals surface area contributed by atoms with Crippen molar-refractivity contribution in [2.24, 2.45) is 5.92 Å². The van der Waals surface area contributed by atoms with Crippen molar-refractivity contribution in [3.05, 3.63) is 91.5 Å². The minimum atomic E-state index is -3.89. The highest BCUT2D eigenvalue weighted by molar-refractivity contribution is 7.89. The van der Waals surface area contributed by atoms with Gasteiger partial charge < -0.3 is 14.6 Å². The highest BCUT2D eigenvalue weighted by Gasteiger charge is 2.30. The number of benzene rings is 3. The van der Waals surface area contributed by atoms with Crippen molar-refractivity contribution in [3.8, 4) is 11.5 Å². The molecule has 4 aromatic rings. The highest BCUT2D eigenvalue weighted by Crippen LogP contribution is 2.41. The second-order valence-corrected chi connectivity index (χ2v) is 14.8. The van der Waals surface area contributed by atoms with Crippen LogP contribution in [-0.2, 0) is 10.0 Å². The van der Waals surface area contributed by atoms with Crippen molar-refractivity contribution in [1.29, 1.82) is 0 Å². The normalized spacial score (nSPS) is 20.0. The van der Waals surface area contributed by atoms with Gasteiger partial charge in [-0.1, -0.05) is 53.0 Å². The molecule has 0 bridgehead atoms. The van der Waals surface area contributed by atoms with Crippen molar-refractivity contribution >= 4 is 61.4 Å². The Morgan fingerprint density at radius 2 is 1.62 bits per heavy atom. The van der Waals surface area contributed by atoms with Crippen LogP contribution in [0.5, 0.6) is 11.5 Å². The number of hydrogen-bond acceptors (Lipinski definition) is 6. The number of nitrogens with zero attached hydrogens (tertiary/aromatic N) is 2. The van der Waals surface area contributed by atoms with Crippen LogP contribution in [0.4, 0.5) is 5.69 Å². The molecule has 2 heterocycles. The molecule has 1 saturated carbocycles. The summed E-state index contributed by atoms with van der Waals surface area (Å²) in [6, 6.07) is 14.6. The summed E-state index contributed by atoms with van der Waals surface area (Å²) in [7, 11) is -3.89. The van der Waals surface area contributed by atoms with Crippen LogP contribution in [-0.4, -0.2) is 48.9 Å². The van der Waals surface area contributed by atoms with E-state index in [4.69, 9.17) is 39.5 Å². The van der Waals surface area contributed by atoms with Gasteiger partial charge in [-0.05, 0) is 93.3 Å². The Morgan fingerprint density at radius 3 is 2.29 bits per heavy atom. The van der Waals surface area contributed by atoms with E-state index in [0.717, 1.165) is 64.2 Å². The largest absolute Gasteiger partial charge is 0.453 e. The maximum Gasteiger partial charge on any atom is 0.271 e. The quantitative estimate of drug-likeness (QED) is 0.134. The SMILES string of the molecule is O=[N+]([O-])c1ccc(Oc2c(Cl)cc(S(=O)(=O)NC3CCC(CN4CCC(c5c[nH]c6ccccc56)CC4)CC3)cc2Cl)c(Cl)c1. The third-order valence-electron chi connectivity index (χ3n) is 8.95. The Bertz CT molecular complexity index is 1790. The van der Waals surface area contributed by atoms with E-state index in [0.29, 0.717) is 11.8 Å². The Balaban J connectivity index is 1.00. The van der Waals surface area contributed by atoms with Gasteiger partial charge in [-0.3, -0.25) is 10.1 Å². The van der Waals surface area contributed by atoms with E-state index >= 15 is 0 Å². The van der Waals surface area contributed by atoms with Crippen LogP contribution in [0.15, 0.2) is 65.7 Å². The van der Waals surface area contributed by atoms with E-state index in [-0.39, 0.29) is 43.2 Å². The smallest absolute Gasteiger partial charge is 0.271 e. The van der Waals surface area contributed by atoms with E-state index in [1.54, 1.807) is 0 Å². The summed E-state index contributed by atoms with van der Waals surface area (Å²) in [4.78, 5) is 16.3. The molecule has 1 aromatic heterocycles. The lowest BCUT2D eigenvalue weighted by Gasteiger charge is -2.36. The van der Waals surface area contributed by atoms with Gasteiger partial charge in [0.1, 0.15) is 5.75 Å². The van der Waals surface area contributed by atoms with E-state index in [2.05, 4.69) is 45.1 Å². The number of ether oxygens (including phenoxy) is 1. The number of hydrogen-bond donors (Lipinski definition) is 2. The van der Waals surface area contributed by atoms with Gasteiger partial charge in [0, 0.05) is 41.8 Å². The van der Waals surface area contributed by atoms with Crippen LogP contribution in [0.1, 0.15) is 50.0 Å². The third kappa shape index (κ3) is 7.26. The van der Waals surface area contributed by atoms with Gasteiger partial charge in [-0.2, -0.15) is 0 Å². The highest BCUT2D eigenvalue weighted by atomic mass is 35.5. The van der Waals surface area contributed by atoms with E-state index in [9.17, 15) is 18.5 Å². The lowest BCUT2D eigenvalue weighted by Crippen LogP contribution is -2.41. The van der Waals surface area contributed by atoms with Gasteiger partial charge >= 0.3 is 0 Å². The molecule has 9 nitrogen and oxygen atoms in total. The minimum Gasteiger partial charge on any atom is -0.453 e. The topological polar surface area (TPSA) is 118 Å². The van der Waals surface area contributed by atoms with Gasteiger partial charge in [-0.25, -0.2) is 13.1 Å².